The van der Waals surface area contributed by atoms with Gasteiger partial charge in [0.1, 0.15) is 6.04 Å². The minimum atomic E-state index is -0.395. The summed E-state index contributed by atoms with van der Waals surface area (Å²) in [5.41, 5.74) is 0. The molecule has 2 saturated heterocycles. The average molecular weight is 293 g/mol. The maximum Gasteiger partial charge on any atom is 0.245 e. The van der Waals surface area contributed by atoms with Gasteiger partial charge < -0.3 is 14.5 Å². The van der Waals surface area contributed by atoms with E-state index in [1.54, 1.807) is 24.3 Å². The van der Waals surface area contributed by atoms with E-state index in [9.17, 15) is 9.18 Å². The van der Waals surface area contributed by atoms with Crippen LogP contribution in [0.5, 0.6) is 0 Å². The van der Waals surface area contributed by atoms with Crippen LogP contribution in [0.1, 0.15) is 19.3 Å². The lowest BCUT2D eigenvalue weighted by atomic mass is 10.1. The van der Waals surface area contributed by atoms with Crippen LogP contribution in [0.25, 0.3) is 0 Å². The summed E-state index contributed by atoms with van der Waals surface area (Å²) in [5, 5.41) is 0. The van der Waals surface area contributed by atoms with Crippen LogP contribution in [-0.4, -0.2) is 54.7 Å². The SMILES string of the molecule is CO[C@H]1C[C@@H](C(=O)N2CCCC2)N(c2ncccc2F)C1. The van der Waals surface area contributed by atoms with E-state index >= 15 is 0 Å². The maximum atomic E-state index is 14.0. The Morgan fingerprint density at radius 1 is 1.43 bits per heavy atom. The molecule has 0 N–H and O–H groups in total. The van der Waals surface area contributed by atoms with Gasteiger partial charge in [0.15, 0.2) is 11.6 Å². The van der Waals surface area contributed by atoms with E-state index in [2.05, 4.69) is 4.98 Å². The number of anilines is 1. The van der Waals surface area contributed by atoms with Crippen LogP contribution in [0.3, 0.4) is 0 Å². The van der Waals surface area contributed by atoms with E-state index in [-0.39, 0.29) is 23.9 Å². The number of methoxy groups -OCH3 is 1. The van der Waals surface area contributed by atoms with Gasteiger partial charge in [-0.1, -0.05) is 0 Å². The van der Waals surface area contributed by atoms with Gasteiger partial charge in [-0.25, -0.2) is 9.37 Å². The molecule has 0 radical (unpaired) electrons. The van der Waals surface area contributed by atoms with Gasteiger partial charge in [0, 0.05) is 39.4 Å². The van der Waals surface area contributed by atoms with Crippen LogP contribution < -0.4 is 4.90 Å². The summed E-state index contributed by atoms with van der Waals surface area (Å²) in [6.45, 7) is 2.09. The lowest BCUT2D eigenvalue weighted by molar-refractivity contribution is -0.131. The van der Waals surface area contributed by atoms with Crippen LogP contribution in [0.15, 0.2) is 18.3 Å². The first-order valence-electron chi connectivity index (χ1n) is 7.39. The Kier molecular flexibility index (Phi) is 4.05. The molecule has 0 unspecified atom stereocenters. The molecule has 1 amide bonds. The van der Waals surface area contributed by atoms with E-state index in [1.807, 2.05) is 4.90 Å². The molecule has 0 aromatic carbocycles. The molecule has 2 fully saturated rings. The van der Waals surface area contributed by atoms with E-state index in [0.29, 0.717) is 13.0 Å². The number of hydrogen-bond acceptors (Lipinski definition) is 4. The van der Waals surface area contributed by atoms with E-state index in [1.165, 1.54) is 6.07 Å². The summed E-state index contributed by atoms with van der Waals surface area (Å²) < 4.78 is 19.4. The number of rotatable bonds is 3. The molecule has 3 rings (SSSR count). The third kappa shape index (κ3) is 2.72. The Hall–Kier alpha value is -1.69. The molecule has 2 aliphatic heterocycles. The highest BCUT2D eigenvalue weighted by atomic mass is 19.1. The number of amides is 1. The molecule has 3 heterocycles. The normalized spacial score (nSPS) is 25.6. The summed E-state index contributed by atoms with van der Waals surface area (Å²) in [6.07, 6.45) is 4.16. The summed E-state index contributed by atoms with van der Waals surface area (Å²) in [7, 11) is 1.63. The number of aromatic nitrogens is 1. The van der Waals surface area contributed by atoms with E-state index < -0.39 is 5.82 Å². The zero-order valence-corrected chi connectivity index (χ0v) is 12.2. The smallest absolute Gasteiger partial charge is 0.245 e. The monoisotopic (exact) mass is 293 g/mol. The minimum absolute atomic E-state index is 0.0667. The second-order valence-corrected chi connectivity index (χ2v) is 5.60. The summed E-state index contributed by atoms with van der Waals surface area (Å²) in [5.74, 6) is -0.0832. The topological polar surface area (TPSA) is 45.7 Å². The first-order chi connectivity index (χ1) is 10.2. The van der Waals surface area contributed by atoms with Gasteiger partial charge in [0.05, 0.1) is 6.10 Å². The zero-order valence-electron chi connectivity index (χ0n) is 12.2. The van der Waals surface area contributed by atoms with Crippen LogP contribution >= 0.6 is 0 Å². The maximum absolute atomic E-state index is 14.0. The number of carbonyl (C=O) groups excluding carboxylic acids is 1. The fourth-order valence-electron chi connectivity index (χ4n) is 3.17. The first-order valence-corrected chi connectivity index (χ1v) is 7.39. The molecule has 2 atom stereocenters. The van der Waals surface area contributed by atoms with Crippen molar-refractivity contribution in [3.63, 3.8) is 0 Å². The molecular weight excluding hydrogens is 273 g/mol. The summed E-state index contributed by atoms with van der Waals surface area (Å²) in [6, 6.07) is 2.55. The predicted octanol–water partition coefficient (Wildman–Crippen LogP) is 1.44. The molecule has 1 aromatic rings. The Labute approximate surface area is 123 Å². The van der Waals surface area contributed by atoms with E-state index in [0.717, 1.165) is 25.9 Å². The molecule has 0 bridgehead atoms. The largest absolute Gasteiger partial charge is 0.380 e. The number of carbonyl (C=O) groups is 1. The van der Waals surface area contributed by atoms with Gasteiger partial charge in [-0.05, 0) is 25.0 Å². The van der Waals surface area contributed by atoms with Crippen molar-refractivity contribution in [3.8, 4) is 0 Å². The third-order valence-corrected chi connectivity index (χ3v) is 4.31. The van der Waals surface area contributed by atoms with Crippen molar-refractivity contribution in [1.29, 1.82) is 0 Å². The Morgan fingerprint density at radius 2 is 2.19 bits per heavy atom. The van der Waals surface area contributed by atoms with Crippen molar-refractivity contribution in [2.75, 3.05) is 31.6 Å². The number of nitrogens with zero attached hydrogens (tertiary/aromatic N) is 3. The molecule has 5 nitrogen and oxygen atoms in total. The van der Waals surface area contributed by atoms with E-state index in [4.69, 9.17) is 4.74 Å². The lowest BCUT2D eigenvalue weighted by Gasteiger charge is -2.28. The van der Waals surface area contributed by atoms with Gasteiger partial charge >= 0.3 is 0 Å². The highest BCUT2D eigenvalue weighted by Gasteiger charge is 2.41. The lowest BCUT2D eigenvalue weighted by Crippen LogP contribution is -2.45. The molecule has 2 aliphatic rings. The van der Waals surface area contributed by atoms with Crippen LogP contribution in [0.4, 0.5) is 10.2 Å². The number of hydrogen-bond donors (Lipinski definition) is 0. The molecule has 21 heavy (non-hydrogen) atoms. The quantitative estimate of drug-likeness (QED) is 0.846. The van der Waals surface area contributed by atoms with Crippen molar-refractivity contribution < 1.29 is 13.9 Å². The molecule has 6 heteroatoms. The predicted molar refractivity (Wildman–Crippen MR) is 76.6 cm³/mol. The van der Waals surface area contributed by atoms with Gasteiger partial charge in [0.2, 0.25) is 5.91 Å². The molecular formula is C15H20FN3O2. The summed E-state index contributed by atoms with van der Waals surface area (Å²) >= 11 is 0. The minimum Gasteiger partial charge on any atom is -0.380 e. The zero-order chi connectivity index (χ0) is 14.8. The van der Waals surface area contributed by atoms with Gasteiger partial charge in [-0.15, -0.1) is 0 Å². The van der Waals surface area contributed by atoms with Crippen molar-refractivity contribution in [1.82, 2.24) is 9.88 Å². The Morgan fingerprint density at radius 3 is 2.86 bits per heavy atom. The van der Waals surface area contributed by atoms with Crippen LogP contribution in [-0.2, 0) is 9.53 Å². The Balaban J connectivity index is 1.85. The van der Waals surface area contributed by atoms with Crippen molar-refractivity contribution in [2.24, 2.45) is 0 Å². The fourth-order valence-corrected chi connectivity index (χ4v) is 3.17. The molecule has 1 aromatic heterocycles. The average Bonchev–Trinajstić information content (AvgIpc) is 3.16. The number of halogens is 1. The third-order valence-electron chi connectivity index (χ3n) is 4.31. The standard InChI is InChI=1S/C15H20FN3O2/c1-21-11-9-13(15(20)18-7-2-3-8-18)19(10-11)14-12(16)5-4-6-17-14/h4-6,11,13H,2-3,7-10H2,1H3/t11-,13-/m0/s1. The number of pyridine rings is 1. The van der Waals surface area contributed by atoms with Crippen molar-refractivity contribution in [3.05, 3.63) is 24.1 Å². The van der Waals surface area contributed by atoms with Crippen molar-refractivity contribution in [2.45, 2.75) is 31.4 Å². The molecule has 0 aliphatic carbocycles. The number of ether oxygens (including phenoxy) is 1. The highest BCUT2D eigenvalue weighted by Crippen LogP contribution is 2.29. The Bertz CT molecular complexity index is 519. The second-order valence-electron chi connectivity index (χ2n) is 5.60. The summed E-state index contributed by atoms with van der Waals surface area (Å²) in [4.78, 5) is 20.4. The van der Waals surface area contributed by atoms with Gasteiger partial charge in [-0.2, -0.15) is 0 Å². The van der Waals surface area contributed by atoms with Crippen molar-refractivity contribution >= 4 is 11.7 Å². The van der Waals surface area contributed by atoms with Gasteiger partial charge in [0.25, 0.3) is 0 Å². The first kappa shape index (κ1) is 14.3. The second kappa shape index (κ2) is 5.97. The molecule has 0 spiro atoms. The highest BCUT2D eigenvalue weighted by molar-refractivity contribution is 5.86. The van der Waals surface area contributed by atoms with Crippen LogP contribution in [0, 0.1) is 5.82 Å². The molecule has 0 saturated carbocycles. The molecule has 114 valence electrons. The number of likely N-dealkylation sites (tertiary alicyclic amines) is 1. The van der Waals surface area contributed by atoms with Crippen LogP contribution in [0.2, 0.25) is 0 Å². The fraction of sp³-hybridized carbons (Fsp3) is 0.600. The van der Waals surface area contributed by atoms with Gasteiger partial charge in [-0.3, -0.25) is 4.79 Å².